The van der Waals surface area contributed by atoms with Crippen LogP contribution >= 0.6 is 0 Å². The van der Waals surface area contributed by atoms with Gasteiger partial charge in [-0.3, -0.25) is 14.4 Å². The van der Waals surface area contributed by atoms with Crippen LogP contribution in [-0.2, 0) is 9.53 Å². The summed E-state index contributed by atoms with van der Waals surface area (Å²) < 4.78 is 5.62. The van der Waals surface area contributed by atoms with Crippen molar-refractivity contribution in [3.05, 3.63) is 20.4 Å². The summed E-state index contributed by atoms with van der Waals surface area (Å²) in [6.07, 6.45) is 26.1. The number of nitrogens with zero attached hydrogens (tertiary/aromatic N) is 1. The van der Waals surface area contributed by atoms with E-state index in [1.807, 2.05) is 0 Å². The number of ether oxygens (including phenoxy) is 1. The van der Waals surface area contributed by atoms with Gasteiger partial charge in [-0.25, -0.2) is 0 Å². The lowest BCUT2D eigenvalue weighted by Gasteiger charge is -2.23. The van der Waals surface area contributed by atoms with E-state index in [1.54, 1.807) is 7.05 Å². The van der Waals surface area contributed by atoms with E-state index in [4.69, 9.17) is 4.74 Å². The number of hydrogen-bond acceptors (Lipinski definition) is 7. The second kappa shape index (κ2) is 27.4. The van der Waals surface area contributed by atoms with Crippen LogP contribution in [0.5, 0.6) is 0 Å². The van der Waals surface area contributed by atoms with Gasteiger partial charge in [-0.1, -0.05) is 124 Å². The topological polar surface area (TPSA) is 87.7 Å². The fourth-order valence-corrected chi connectivity index (χ4v) is 6.11. The monoisotopic (exact) mass is 620 g/mol. The highest BCUT2D eigenvalue weighted by atomic mass is 16.5. The van der Waals surface area contributed by atoms with E-state index in [9.17, 15) is 14.4 Å². The smallest absolute Gasteiger partial charge is 0.305 e. The Bertz CT molecular complexity index is 886. The van der Waals surface area contributed by atoms with Gasteiger partial charge in [0.25, 0.3) is 10.9 Å². The Morgan fingerprint density at radius 1 is 0.636 bits per heavy atom. The van der Waals surface area contributed by atoms with E-state index in [2.05, 4.69) is 36.3 Å². The first kappa shape index (κ1) is 40.1. The number of hydrogen-bond donors (Lipinski definition) is 2. The molecule has 0 heterocycles. The molecule has 0 amide bonds. The summed E-state index contributed by atoms with van der Waals surface area (Å²) in [5, 5.41) is 5.99. The third kappa shape index (κ3) is 18.8. The Hall–Kier alpha value is -1.89. The van der Waals surface area contributed by atoms with E-state index in [0.29, 0.717) is 36.9 Å². The maximum Gasteiger partial charge on any atom is 0.305 e. The van der Waals surface area contributed by atoms with Gasteiger partial charge in [-0.05, 0) is 57.7 Å². The lowest BCUT2D eigenvalue weighted by atomic mass is 9.92. The quantitative estimate of drug-likeness (QED) is 0.0473. The molecule has 1 rings (SSSR count). The second-order valence-corrected chi connectivity index (χ2v) is 12.9. The lowest BCUT2D eigenvalue weighted by molar-refractivity contribution is -0.144. The van der Waals surface area contributed by atoms with Crippen LogP contribution in [0.25, 0.3) is 0 Å². The maximum absolute atomic E-state index is 12.3. The third-order valence-electron chi connectivity index (χ3n) is 9.02. The molecule has 7 heteroatoms. The number of esters is 1. The molecular weight excluding hydrogens is 550 g/mol. The molecule has 256 valence electrons. The Labute approximate surface area is 270 Å². The van der Waals surface area contributed by atoms with Crippen LogP contribution in [-0.4, -0.2) is 50.7 Å². The van der Waals surface area contributed by atoms with Gasteiger partial charge in [-0.2, -0.15) is 0 Å². The molecule has 0 spiro atoms. The summed E-state index contributed by atoms with van der Waals surface area (Å²) in [7, 11) is 1.68. The van der Waals surface area contributed by atoms with Gasteiger partial charge < -0.3 is 20.3 Å². The molecule has 0 unspecified atom stereocenters. The minimum Gasteiger partial charge on any atom is -0.466 e. The van der Waals surface area contributed by atoms with E-state index in [1.165, 1.54) is 103 Å². The van der Waals surface area contributed by atoms with Crippen LogP contribution in [0, 0.1) is 5.92 Å². The summed E-state index contributed by atoms with van der Waals surface area (Å²) in [6, 6.07) is 0. The van der Waals surface area contributed by atoms with E-state index in [-0.39, 0.29) is 5.97 Å². The maximum atomic E-state index is 12.3. The normalized spacial score (nSPS) is 11.6. The molecule has 0 radical (unpaired) electrons. The van der Waals surface area contributed by atoms with Gasteiger partial charge in [0.05, 0.1) is 6.61 Å². The first-order valence-corrected chi connectivity index (χ1v) is 18.6. The van der Waals surface area contributed by atoms with Crippen LogP contribution < -0.4 is 21.5 Å². The van der Waals surface area contributed by atoms with Gasteiger partial charge in [-0.15, -0.1) is 0 Å². The molecule has 0 saturated heterocycles. The standard InChI is InChI=1S/C37H69N3O4/c1-5-8-11-12-15-20-28-40(30-22-27-39-35-34(38-4)36(42)37(35)43)29-21-16-13-14-19-25-33(41)44-31-26-32(23-17-9-6-2)24-18-10-7-3/h32,38-39H,5-31H2,1-4H3. The summed E-state index contributed by atoms with van der Waals surface area (Å²) in [5.41, 5.74) is 0.0289. The van der Waals surface area contributed by atoms with Gasteiger partial charge in [0.1, 0.15) is 11.4 Å². The molecule has 44 heavy (non-hydrogen) atoms. The van der Waals surface area contributed by atoms with Crippen molar-refractivity contribution in [2.24, 2.45) is 5.92 Å². The summed E-state index contributed by atoms with van der Waals surface area (Å²) in [5.74, 6) is 0.689. The predicted octanol–water partition coefficient (Wildman–Crippen LogP) is 8.84. The van der Waals surface area contributed by atoms with Crippen molar-refractivity contribution in [3.63, 3.8) is 0 Å². The molecule has 1 aromatic rings. The first-order valence-electron chi connectivity index (χ1n) is 18.6. The van der Waals surface area contributed by atoms with Crippen molar-refractivity contribution in [1.29, 1.82) is 0 Å². The van der Waals surface area contributed by atoms with Gasteiger partial charge in [0.15, 0.2) is 0 Å². The molecule has 7 nitrogen and oxygen atoms in total. The number of carbonyl (C=O) groups excluding carboxylic acids is 1. The SMILES string of the molecule is CCCCCCCCN(CCCCCCCC(=O)OCCC(CCCCC)CCCCC)CCCNc1c(NC)c(=O)c1=O. The molecule has 0 aliphatic heterocycles. The van der Waals surface area contributed by atoms with Gasteiger partial charge in [0.2, 0.25) is 0 Å². The number of nitrogens with one attached hydrogen (secondary N) is 2. The van der Waals surface area contributed by atoms with E-state index >= 15 is 0 Å². The Kier molecular flexibility index (Phi) is 25.0. The zero-order valence-electron chi connectivity index (χ0n) is 29.2. The van der Waals surface area contributed by atoms with Crippen LogP contribution in [0.4, 0.5) is 11.4 Å². The molecule has 1 aromatic carbocycles. The molecule has 0 atom stereocenters. The zero-order valence-corrected chi connectivity index (χ0v) is 29.2. The minimum absolute atomic E-state index is 0.0184. The summed E-state index contributed by atoms with van der Waals surface area (Å²) in [4.78, 5) is 38.3. The van der Waals surface area contributed by atoms with Crippen molar-refractivity contribution in [2.45, 2.75) is 162 Å². The van der Waals surface area contributed by atoms with Crippen LogP contribution in [0.15, 0.2) is 9.59 Å². The number of unbranched alkanes of at least 4 members (excludes halogenated alkanes) is 13. The molecule has 0 fully saturated rings. The molecule has 0 saturated carbocycles. The average molecular weight is 620 g/mol. The molecule has 0 aliphatic rings. The van der Waals surface area contributed by atoms with E-state index < -0.39 is 10.9 Å². The minimum atomic E-state index is -0.420. The Morgan fingerprint density at radius 2 is 1.14 bits per heavy atom. The van der Waals surface area contributed by atoms with Crippen LogP contribution in [0.1, 0.15) is 162 Å². The zero-order chi connectivity index (χ0) is 32.3. The Morgan fingerprint density at radius 3 is 1.73 bits per heavy atom. The highest BCUT2D eigenvalue weighted by Crippen LogP contribution is 2.21. The average Bonchev–Trinajstić information content (AvgIpc) is 3.02. The largest absolute Gasteiger partial charge is 0.466 e. The van der Waals surface area contributed by atoms with Crippen molar-refractivity contribution in [3.8, 4) is 0 Å². The van der Waals surface area contributed by atoms with E-state index in [0.717, 1.165) is 51.7 Å². The molecule has 0 aliphatic carbocycles. The first-order chi connectivity index (χ1) is 21.5. The summed E-state index contributed by atoms with van der Waals surface area (Å²) >= 11 is 0. The second-order valence-electron chi connectivity index (χ2n) is 12.9. The fraction of sp³-hybridized carbons (Fsp3) is 0.865. The predicted molar refractivity (Wildman–Crippen MR) is 189 cm³/mol. The number of carbonyl (C=O) groups is 1. The van der Waals surface area contributed by atoms with Crippen molar-refractivity contribution < 1.29 is 9.53 Å². The Balaban J connectivity index is 2.24. The highest BCUT2D eigenvalue weighted by Gasteiger charge is 2.19. The van der Waals surface area contributed by atoms with Crippen molar-refractivity contribution in [1.82, 2.24) is 4.90 Å². The molecule has 0 aromatic heterocycles. The number of rotatable bonds is 32. The van der Waals surface area contributed by atoms with Gasteiger partial charge >= 0.3 is 5.97 Å². The molecule has 0 bridgehead atoms. The summed E-state index contributed by atoms with van der Waals surface area (Å²) in [6.45, 7) is 11.3. The highest BCUT2D eigenvalue weighted by molar-refractivity contribution is 5.73. The van der Waals surface area contributed by atoms with Crippen LogP contribution in [0.2, 0.25) is 0 Å². The molecular formula is C37H69N3O4. The van der Waals surface area contributed by atoms with Crippen molar-refractivity contribution in [2.75, 3.05) is 50.5 Å². The third-order valence-corrected chi connectivity index (χ3v) is 9.02. The lowest BCUT2D eigenvalue weighted by Crippen LogP contribution is -2.37. The number of anilines is 2. The van der Waals surface area contributed by atoms with Crippen molar-refractivity contribution >= 4 is 17.3 Å². The fourth-order valence-electron chi connectivity index (χ4n) is 6.11. The molecule has 2 N–H and O–H groups in total. The van der Waals surface area contributed by atoms with Crippen LogP contribution in [0.3, 0.4) is 0 Å². The van der Waals surface area contributed by atoms with Gasteiger partial charge in [0, 0.05) is 20.0 Å².